The molecule has 1 fully saturated rings. The second-order valence-corrected chi connectivity index (χ2v) is 10.2. The number of methoxy groups -OCH3 is 1. The molecule has 1 atom stereocenters. The fraction of sp³-hybridized carbons (Fsp3) is 0.233. The molecule has 1 aromatic heterocycles. The number of hydrogen-bond donors (Lipinski definition) is 1. The van der Waals surface area contributed by atoms with E-state index in [1.165, 1.54) is 13.2 Å². The van der Waals surface area contributed by atoms with Crippen LogP contribution in [0.15, 0.2) is 72.8 Å². The number of aryl methyl sites for hydroxylation is 1. The minimum absolute atomic E-state index is 0.219. The maximum atomic E-state index is 15.4. The van der Waals surface area contributed by atoms with E-state index in [0.717, 1.165) is 41.1 Å². The van der Waals surface area contributed by atoms with E-state index < -0.39 is 23.4 Å². The molecule has 0 spiro atoms. The lowest BCUT2D eigenvalue weighted by Crippen LogP contribution is -2.21. The molecule has 1 N–H and O–H groups in total. The molecular weight excluding hydrogens is 503 g/mol. The largest absolute Gasteiger partial charge is 0.468 e. The molecule has 194 valence electrons. The summed E-state index contributed by atoms with van der Waals surface area (Å²) in [5.41, 5.74) is 4.11. The highest BCUT2D eigenvalue weighted by molar-refractivity contribution is 7.10. The maximum absolute atomic E-state index is 15.4. The van der Waals surface area contributed by atoms with Gasteiger partial charge in [-0.05, 0) is 72.6 Å². The predicted molar refractivity (Wildman–Crippen MR) is 146 cm³/mol. The Labute approximate surface area is 224 Å². The van der Waals surface area contributed by atoms with Crippen LogP contribution >= 0.6 is 11.5 Å². The van der Waals surface area contributed by atoms with Crippen molar-refractivity contribution in [3.63, 3.8) is 0 Å². The van der Waals surface area contributed by atoms with Crippen molar-refractivity contribution in [3.05, 3.63) is 95.4 Å². The normalized spacial score (nSPS) is 14.4. The van der Waals surface area contributed by atoms with Crippen LogP contribution < -0.4 is 5.32 Å². The van der Waals surface area contributed by atoms with Crippen molar-refractivity contribution < 1.29 is 23.5 Å². The molecule has 5 rings (SSSR count). The summed E-state index contributed by atoms with van der Waals surface area (Å²) in [4.78, 5) is 25.3. The number of anilines is 1. The van der Waals surface area contributed by atoms with Gasteiger partial charge in [-0.15, -0.1) is 0 Å². The third-order valence-electron chi connectivity index (χ3n) is 6.95. The van der Waals surface area contributed by atoms with Gasteiger partial charge in [0, 0.05) is 5.56 Å². The highest BCUT2D eigenvalue weighted by Crippen LogP contribution is 2.49. The summed E-state index contributed by atoms with van der Waals surface area (Å²) in [5, 5.41) is 2.75. The van der Waals surface area contributed by atoms with E-state index in [1.807, 2.05) is 60.7 Å². The first kappa shape index (κ1) is 25.6. The van der Waals surface area contributed by atoms with Gasteiger partial charge in [-0.25, -0.2) is 9.18 Å². The molecule has 1 aliphatic carbocycles. The minimum Gasteiger partial charge on any atom is -0.468 e. The van der Waals surface area contributed by atoms with Crippen LogP contribution in [0.1, 0.15) is 42.7 Å². The van der Waals surface area contributed by atoms with Gasteiger partial charge in [0.25, 0.3) is 0 Å². The van der Waals surface area contributed by atoms with Crippen molar-refractivity contribution in [1.82, 2.24) is 4.37 Å². The number of carbonyl (C=O) groups excluding carboxylic acids is 2. The lowest BCUT2D eigenvalue weighted by Gasteiger charge is -2.15. The van der Waals surface area contributed by atoms with E-state index in [4.69, 9.17) is 9.47 Å². The van der Waals surface area contributed by atoms with Crippen LogP contribution in [-0.4, -0.2) is 23.5 Å². The number of aromatic nitrogens is 1. The number of nitrogens with zero attached hydrogens (tertiary/aromatic N) is 1. The molecule has 6 nitrogen and oxygen atoms in total. The van der Waals surface area contributed by atoms with Crippen molar-refractivity contribution >= 4 is 29.3 Å². The Kier molecular flexibility index (Phi) is 6.99. The summed E-state index contributed by atoms with van der Waals surface area (Å²) in [6.07, 6.45) is 0.456. The van der Waals surface area contributed by atoms with E-state index in [9.17, 15) is 9.59 Å². The van der Waals surface area contributed by atoms with Gasteiger partial charge in [-0.2, -0.15) is 4.37 Å². The minimum atomic E-state index is -0.636. The fourth-order valence-corrected chi connectivity index (χ4v) is 5.45. The fourth-order valence-electron chi connectivity index (χ4n) is 4.58. The van der Waals surface area contributed by atoms with E-state index in [2.05, 4.69) is 9.69 Å². The molecule has 0 saturated heterocycles. The number of ether oxygens (including phenoxy) is 2. The second kappa shape index (κ2) is 10.4. The molecule has 0 bridgehead atoms. The summed E-state index contributed by atoms with van der Waals surface area (Å²) in [6.45, 7) is 3.55. The Balaban J connectivity index is 1.34. The molecule has 0 radical (unpaired) electrons. The first-order valence-electron chi connectivity index (χ1n) is 12.3. The van der Waals surface area contributed by atoms with Crippen molar-refractivity contribution in [1.29, 1.82) is 0 Å². The molecule has 1 aliphatic rings. The van der Waals surface area contributed by atoms with Crippen LogP contribution in [0.2, 0.25) is 0 Å². The molecular formula is C30H27FN2O4S. The van der Waals surface area contributed by atoms with Crippen molar-refractivity contribution in [2.24, 2.45) is 0 Å². The highest BCUT2D eigenvalue weighted by Gasteiger charge is 2.52. The average molecular weight is 531 g/mol. The molecule has 1 saturated carbocycles. The smallest absolute Gasteiger partial charge is 0.412 e. The number of nitrogens with one attached hydrogen (secondary N) is 1. The van der Waals surface area contributed by atoms with Gasteiger partial charge in [0.1, 0.15) is 11.9 Å². The van der Waals surface area contributed by atoms with Crippen LogP contribution in [0, 0.1) is 12.7 Å². The first-order valence-corrected chi connectivity index (χ1v) is 13.1. The topological polar surface area (TPSA) is 77.5 Å². The first-order chi connectivity index (χ1) is 18.3. The number of esters is 1. The molecule has 0 aliphatic heterocycles. The van der Waals surface area contributed by atoms with Gasteiger partial charge in [0.2, 0.25) is 0 Å². The van der Waals surface area contributed by atoms with E-state index in [-0.39, 0.29) is 5.97 Å². The number of benzene rings is 3. The Hall–Kier alpha value is -4.04. The Morgan fingerprint density at radius 1 is 1.03 bits per heavy atom. The van der Waals surface area contributed by atoms with Gasteiger partial charge in [-0.3, -0.25) is 10.1 Å². The van der Waals surface area contributed by atoms with E-state index in [1.54, 1.807) is 19.9 Å². The van der Waals surface area contributed by atoms with E-state index >= 15 is 4.39 Å². The standard InChI is InChI=1S/C30H27FN2O4S/c1-18-26(32-29(35)37-19(2)20-7-5-4-6-8-20)27(38-33-18)24-14-11-22(17-25(24)31)21-9-12-23(13-10-21)30(15-16-30)28(34)36-3/h4-14,17,19H,15-16H2,1-3H3,(H,32,35). The van der Waals surface area contributed by atoms with Gasteiger partial charge in [0.15, 0.2) is 0 Å². The quantitative estimate of drug-likeness (QED) is 0.251. The molecule has 8 heteroatoms. The third-order valence-corrected chi connectivity index (χ3v) is 7.93. The van der Waals surface area contributed by atoms with Gasteiger partial charge in [-0.1, -0.05) is 60.7 Å². The number of carbonyl (C=O) groups is 2. The van der Waals surface area contributed by atoms with Crippen molar-refractivity contribution in [2.45, 2.75) is 38.2 Å². The highest BCUT2D eigenvalue weighted by atomic mass is 32.1. The van der Waals surface area contributed by atoms with Gasteiger partial charge in [0.05, 0.1) is 28.8 Å². The summed E-state index contributed by atoms with van der Waals surface area (Å²) in [5.74, 6) is -0.652. The molecule has 38 heavy (non-hydrogen) atoms. The van der Waals surface area contributed by atoms with Crippen LogP contribution in [0.5, 0.6) is 0 Å². The third kappa shape index (κ3) is 4.91. The van der Waals surface area contributed by atoms with Crippen molar-refractivity contribution in [2.75, 3.05) is 12.4 Å². The number of halogens is 1. The van der Waals surface area contributed by atoms with Crippen LogP contribution in [0.4, 0.5) is 14.9 Å². The predicted octanol–water partition coefficient (Wildman–Crippen LogP) is 7.44. The van der Waals surface area contributed by atoms with Gasteiger partial charge >= 0.3 is 12.1 Å². The van der Waals surface area contributed by atoms with E-state index in [0.29, 0.717) is 27.4 Å². The zero-order chi connectivity index (χ0) is 26.9. The molecule has 3 aromatic carbocycles. The summed E-state index contributed by atoms with van der Waals surface area (Å²) < 4.78 is 30.2. The lowest BCUT2D eigenvalue weighted by molar-refractivity contribution is -0.143. The Morgan fingerprint density at radius 2 is 1.71 bits per heavy atom. The Bertz CT molecular complexity index is 1480. The molecule has 4 aromatic rings. The maximum Gasteiger partial charge on any atom is 0.412 e. The average Bonchev–Trinajstić information content (AvgIpc) is 3.68. The second-order valence-electron chi connectivity index (χ2n) is 9.40. The number of rotatable bonds is 7. The zero-order valence-corrected chi connectivity index (χ0v) is 22.1. The summed E-state index contributed by atoms with van der Waals surface area (Å²) >= 11 is 1.11. The molecule has 1 unspecified atom stereocenters. The number of hydrogen-bond acceptors (Lipinski definition) is 6. The number of amides is 1. The van der Waals surface area contributed by atoms with Crippen LogP contribution in [-0.2, 0) is 19.7 Å². The lowest BCUT2D eigenvalue weighted by atomic mass is 9.93. The Morgan fingerprint density at radius 3 is 2.34 bits per heavy atom. The molecule has 1 amide bonds. The van der Waals surface area contributed by atoms with Crippen molar-refractivity contribution in [3.8, 4) is 21.6 Å². The zero-order valence-electron chi connectivity index (χ0n) is 21.3. The van der Waals surface area contributed by atoms with Crippen LogP contribution in [0.25, 0.3) is 21.6 Å². The molecule has 1 heterocycles. The monoisotopic (exact) mass is 530 g/mol. The van der Waals surface area contributed by atoms with Crippen LogP contribution in [0.3, 0.4) is 0 Å². The SMILES string of the molecule is COC(=O)C1(c2ccc(-c3ccc(-c4snc(C)c4NC(=O)OC(C)c4ccccc4)c(F)c3)cc2)CC1. The van der Waals surface area contributed by atoms with Gasteiger partial charge < -0.3 is 9.47 Å². The summed E-state index contributed by atoms with van der Waals surface area (Å²) in [7, 11) is 1.40. The summed E-state index contributed by atoms with van der Waals surface area (Å²) in [6, 6.07) is 22.0.